The Labute approximate surface area is 179 Å². The molecule has 0 aliphatic carbocycles. The van der Waals surface area contributed by atoms with E-state index in [-0.39, 0.29) is 10.4 Å². The van der Waals surface area contributed by atoms with E-state index in [1.165, 1.54) is 0 Å². The zero-order valence-electron chi connectivity index (χ0n) is 17.8. The highest BCUT2D eigenvalue weighted by atomic mass is 32.1. The molecule has 3 rings (SSSR count). The van der Waals surface area contributed by atoms with Gasteiger partial charge in [0.05, 0.1) is 12.5 Å². The van der Waals surface area contributed by atoms with Gasteiger partial charge in [0.25, 0.3) is 5.56 Å². The molecule has 0 radical (unpaired) electrons. The predicted molar refractivity (Wildman–Crippen MR) is 119 cm³/mol. The van der Waals surface area contributed by atoms with Gasteiger partial charge in [-0.05, 0) is 43.3 Å². The fourth-order valence-corrected chi connectivity index (χ4v) is 4.56. The Morgan fingerprint density at radius 1 is 1.23 bits per heavy atom. The molecule has 2 aromatic heterocycles. The topological polar surface area (TPSA) is 84.7 Å². The Bertz CT molecular complexity index is 1100. The van der Waals surface area contributed by atoms with Crippen molar-refractivity contribution >= 4 is 27.5 Å². The average molecular weight is 430 g/mol. The van der Waals surface area contributed by atoms with Crippen LogP contribution in [0.1, 0.15) is 40.5 Å². The van der Waals surface area contributed by atoms with Crippen molar-refractivity contribution in [2.24, 2.45) is 0 Å². The van der Waals surface area contributed by atoms with Crippen LogP contribution in [0.15, 0.2) is 29.1 Å². The third-order valence-electron chi connectivity index (χ3n) is 5.38. The van der Waals surface area contributed by atoms with Gasteiger partial charge in [-0.1, -0.05) is 26.0 Å². The molecule has 0 saturated heterocycles. The Morgan fingerprint density at radius 3 is 2.47 bits per heavy atom. The lowest BCUT2D eigenvalue weighted by atomic mass is 10.1. The van der Waals surface area contributed by atoms with Crippen LogP contribution in [-0.2, 0) is 13.0 Å². The van der Waals surface area contributed by atoms with E-state index >= 15 is 0 Å². The Hall–Kier alpha value is -2.71. The number of fused-ring (bicyclic) bond motifs is 1. The molecule has 30 heavy (non-hydrogen) atoms. The van der Waals surface area contributed by atoms with Crippen molar-refractivity contribution in [3.05, 3.63) is 56.4 Å². The summed E-state index contributed by atoms with van der Waals surface area (Å²) >= 11 is 1.06. The van der Waals surface area contributed by atoms with Crippen LogP contribution in [0.5, 0.6) is 5.75 Å². The lowest BCUT2D eigenvalue weighted by Crippen LogP contribution is -2.33. The van der Waals surface area contributed by atoms with Gasteiger partial charge < -0.3 is 14.7 Å². The number of carboxylic acids is 1. The van der Waals surface area contributed by atoms with E-state index < -0.39 is 5.97 Å². The van der Waals surface area contributed by atoms with Gasteiger partial charge in [-0.3, -0.25) is 9.36 Å². The van der Waals surface area contributed by atoms with Gasteiger partial charge in [0.15, 0.2) is 0 Å². The quantitative estimate of drug-likeness (QED) is 0.561. The molecular weight excluding hydrogens is 402 g/mol. The third kappa shape index (κ3) is 4.39. The number of methoxy groups -OCH3 is 1. The van der Waals surface area contributed by atoms with Crippen molar-refractivity contribution in [3.63, 3.8) is 0 Å². The minimum atomic E-state index is -1.03. The van der Waals surface area contributed by atoms with E-state index in [4.69, 9.17) is 9.72 Å². The number of aryl methyl sites for hydroxylation is 1. The maximum absolute atomic E-state index is 13.4. The Balaban J connectivity index is 2.10. The van der Waals surface area contributed by atoms with Gasteiger partial charge in [0.1, 0.15) is 21.3 Å². The molecule has 1 N–H and O–H groups in total. The first-order valence-electron chi connectivity index (χ1n) is 10.0. The minimum Gasteiger partial charge on any atom is -0.497 e. The first kappa shape index (κ1) is 22.0. The van der Waals surface area contributed by atoms with Gasteiger partial charge in [0, 0.05) is 19.5 Å². The number of hydrogen-bond acceptors (Lipinski definition) is 6. The zero-order chi connectivity index (χ0) is 21.8. The second-order valence-corrected chi connectivity index (χ2v) is 8.08. The molecule has 7 nitrogen and oxygen atoms in total. The smallest absolute Gasteiger partial charge is 0.346 e. The lowest BCUT2D eigenvalue weighted by molar-refractivity contribution is 0.0701. The van der Waals surface area contributed by atoms with Gasteiger partial charge in [-0.25, -0.2) is 9.78 Å². The van der Waals surface area contributed by atoms with Gasteiger partial charge in [-0.15, -0.1) is 11.3 Å². The van der Waals surface area contributed by atoms with Crippen LogP contribution in [0, 0.1) is 6.92 Å². The molecule has 0 atom stereocenters. The van der Waals surface area contributed by atoms with Crippen molar-refractivity contribution in [2.75, 3.05) is 26.7 Å². The normalized spacial score (nSPS) is 11.4. The first-order valence-corrected chi connectivity index (χ1v) is 10.8. The molecule has 0 spiro atoms. The van der Waals surface area contributed by atoms with Crippen LogP contribution < -0.4 is 10.3 Å². The summed E-state index contributed by atoms with van der Waals surface area (Å²) in [6.07, 6.45) is 0.479. The third-order valence-corrected chi connectivity index (χ3v) is 6.55. The van der Waals surface area contributed by atoms with E-state index in [0.29, 0.717) is 34.6 Å². The molecule has 0 unspecified atom stereocenters. The summed E-state index contributed by atoms with van der Waals surface area (Å²) in [7, 11) is 1.62. The molecule has 0 bridgehead atoms. The van der Waals surface area contributed by atoms with Crippen molar-refractivity contribution in [1.29, 1.82) is 0 Å². The molecule has 3 aromatic rings. The number of carboxylic acid groups (broad SMARTS) is 1. The second-order valence-electron chi connectivity index (χ2n) is 7.08. The number of benzene rings is 1. The molecule has 0 fully saturated rings. The first-order chi connectivity index (χ1) is 14.4. The minimum absolute atomic E-state index is 0.170. The van der Waals surface area contributed by atoms with Crippen LogP contribution in [-0.4, -0.2) is 52.3 Å². The lowest BCUT2D eigenvalue weighted by Gasteiger charge is -2.20. The fraction of sp³-hybridized carbons (Fsp3) is 0.409. The van der Waals surface area contributed by atoms with Crippen molar-refractivity contribution in [2.45, 2.75) is 33.7 Å². The summed E-state index contributed by atoms with van der Waals surface area (Å²) in [6.45, 7) is 8.90. The van der Waals surface area contributed by atoms with Crippen LogP contribution in [0.4, 0.5) is 0 Å². The standard InChI is InChI=1S/C22H27N3O4S/c1-5-24(6-2)11-12-25-17(13-15-7-9-16(29-4)10-8-15)23-20-18(21(25)26)14(3)19(30-20)22(27)28/h7-10H,5-6,11-13H2,1-4H3,(H,27,28). The number of thiophene rings is 1. The Morgan fingerprint density at radius 2 is 1.90 bits per heavy atom. The molecule has 1 aromatic carbocycles. The van der Waals surface area contributed by atoms with E-state index in [9.17, 15) is 14.7 Å². The number of carbonyl (C=O) groups is 1. The molecule has 2 heterocycles. The van der Waals surface area contributed by atoms with Crippen molar-refractivity contribution in [1.82, 2.24) is 14.5 Å². The summed E-state index contributed by atoms with van der Waals surface area (Å²) < 4.78 is 6.92. The van der Waals surface area contributed by atoms with Crippen molar-refractivity contribution < 1.29 is 14.6 Å². The van der Waals surface area contributed by atoms with Crippen molar-refractivity contribution in [3.8, 4) is 5.75 Å². The Kier molecular flexibility index (Phi) is 6.89. The number of aromatic nitrogens is 2. The number of ether oxygens (including phenoxy) is 1. The number of nitrogens with zero attached hydrogens (tertiary/aromatic N) is 3. The fourth-order valence-electron chi connectivity index (χ4n) is 3.54. The summed E-state index contributed by atoms with van der Waals surface area (Å²) in [5.74, 6) is 0.380. The summed E-state index contributed by atoms with van der Waals surface area (Å²) in [5.41, 5.74) is 1.33. The largest absolute Gasteiger partial charge is 0.497 e. The number of rotatable bonds is 9. The molecule has 8 heteroatoms. The maximum atomic E-state index is 13.4. The van der Waals surface area contributed by atoms with E-state index in [1.54, 1.807) is 18.6 Å². The number of hydrogen-bond donors (Lipinski definition) is 1. The highest BCUT2D eigenvalue weighted by Crippen LogP contribution is 2.28. The van der Waals surface area contributed by atoms with Gasteiger partial charge in [-0.2, -0.15) is 0 Å². The molecule has 0 saturated carbocycles. The highest BCUT2D eigenvalue weighted by Gasteiger charge is 2.21. The average Bonchev–Trinajstić information content (AvgIpc) is 3.07. The van der Waals surface area contributed by atoms with Gasteiger partial charge >= 0.3 is 5.97 Å². The molecule has 160 valence electrons. The summed E-state index contributed by atoms with van der Waals surface area (Å²) in [5, 5.41) is 9.89. The number of likely N-dealkylation sites (N-methyl/N-ethyl adjacent to an activating group) is 1. The van der Waals surface area contributed by atoms with Crippen LogP contribution in [0.25, 0.3) is 10.2 Å². The van der Waals surface area contributed by atoms with E-state index in [1.807, 2.05) is 24.3 Å². The zero-order valence-corrected chi connectivity index (χ0v) is 18.6. The SMILES string of the molecule is CCN(CC)CCn1c(Cc2ccc(OC)cc2)nc2sc(C(=O)O)c(C)c2c1=O. The predicted octanol–water partition coefficient (Wildman–Crippen LogP) is 3.41. The summed E-state index contributed by atoms with van der Waals surface area (Å²) in [4.78, 5) is 32.6. The number of aromatic carboxylic acids is 1. The van der Waals surface area contributed by atoms with E-state index in [0.717, 1.165) is 42.3 Å². The maximum Gasteiger partial charge on any atom is 0.346 e. The van der Waals surface area contributed by atoms with Crippen LogP contribution >= 0.6 is 11.3 Å². The molecule has 0 amide bonds. The molecule has 0 aliphatic heterocycles. The summed E-state index contributed by atoms with van der Waals surface area (Å²) in [6, 6.07) is 7.66. The van der Waals surface area contributed by atoms with Crippen LogP contribution in [0.3, 0.4) is 0 Å². The van der Waals surface area contributed by atoms with Gasteiger partial charge in [0.2, 0.25) is 0 Å². The monoisotopic (exact) mass is 429 g/mol. The molecule has 0 aliphatic rings. The molecular formula is C22H27N3O4S. The highest BCUT2D eigenvalue weighted by molar-refractivity contribution is 7.20. The van der Waals surface area contributed by atoms with E-state index in [2.05, 4.69) is 18.7 Å². The van der Waals surface area contributed by atoms with Crippen LogP contribution in [0.2, 0.25) is 0 Å². The second kappa shape index (κ2) is 9.40.